The number of hydrogen-bond donors (Lipinski definition) is 2. The molecule has 2 aromatic rings. The van der Waals surface area contributed by atoms with Crippen LogP contribution in [-0.4, -0.2) is 17.4 Å². The summed E-state index contributed by atoms with van der Waals surface area (Å²) in [5, 5.41) is 6.32. The smallest absolute Gasteiger partial charge is 0.255 e. The largest absolute Gasteiger partial charge is 0.347 e. The van der Waals surface area contributed by atoms with Crippen LogP contribution in [0.15, 0.2) is 54.6 Å². The third-order valence-electron chi connectivity index (χ3n) is 6.87. The highest BCUT2D eigenvalue weighted by atomic mass is 16.2. The van der Waals surface area contributed by atoms with Crippen LogP contribution in [-0.2, 0) is 0 Å². The second kappa shape index (κ2) is 6.77. The Morgan fingerprint density at radius 3 is 1.96 bits per heavy atom. The third kappa shape index (κ3) is 3.21. The van der Waals surface area contributed by atoms with E-state index in [9.17, 15) is 9.59 Å². The molecule has 144 valence electrons. The van der Waals surface area contributed by atoms with Crippen LogP contribution < -0.4 is 10.6 Å². The van der Waals surface area contributed by atoms with Crippen LogP contribution >= 0.6 is 0 Å². The third-order valence-corrected chi connectivity index (χ3v) is 6.87. The highest BCUT2D eigenvalue weighted by Gasteiger charge is 2.51. The predicted molar refractivity (Wildman–Crippen MR) is 109 cm³/mol. The summed E-state index contributed by atoms with van der Waals surface area (Å²) in [6.07, 6.45) is 7.38. The molecule has 0 aromatic heterocycles. The first-order chi connectivity index (χ1) is 13.6. The Morgan fingerprint density at radius 1 is 0.750 bits per heavy atom. The van der Waals surface area contributed by atoms with Crippen molar-refractivity contribution in [1.82, 2.24) is 5.32 Å². The fourth-order valence-electron chi connectivity index (χ4n) is 6.15. The maximum absolute atomic E-state index is 13.2. The second-order valence-electron chi connectivity index (χ2n) is 9.02. The van der Waals surface area contributed by atoms with Gasteiger partial charge in [-0.2, -0.15) is 0 Å². The van der Waals surface area contributed by atoms with Crippen molar-refractivity contribution in [3.63, 3.8) is 0 Å². The molecule has 0 radical (unpaired) electrons. The topological polar surface area (TPSA) is 58.2 Å². The van der Waals surface area contributed by atoms with Gasteiger partial charge in [-0.3, -0.25) is 9.59 Å². The average Bonchev–Trinajstić information content (AvgIpc) is 2.67. The zero-order valence-electron chi connectivity index (χ0n) is 16.0. The van der Waals surface area contributed by atoms with E-state index < -0.39 is 0 Å². The molecule has 2 amide bonds. The second-order valence-corrected chi connectivity index (χ2v) is 9.02. The van der Waals surface area contributed by atoms with E-state index >= 15 is 0 Å². The summed E-state index contributed by atoms with van der Waals surface area (Å²) in [6.45, 7) is 0. The highest BCUT2D eigenvalue weighted by molar-refractivity contribution is 6.09. The zero-order chi connectivity index (χ0) is 19.1. The van der Waals surface area contributed by atoms with Gasteiger partial charge in [0.1, 0.15) is 0 Å². The van der Waals surface area contributed by atoms with E-state index in [4.69, 9.17) is 0 Å². The van der Waals surface area contributed by atoms with Gasteiger partial charge in [-0.1, -0.05) is 30.3 Å². The minimum atomic E-state index is -0.198. The molecule has 6 rings (SSSR count). The van der Waals surface area contributed by atoms with Gasteiger partial charge in [-0.15, -0.1) is 0 Å². The van der Waals surface area contributed by atoms with E-state index in [2.05, 4.69) is 10.6 Å². The van der Waals surface area contributed by atoms with Crippen LogP contribution in [0, 0.1) is 17.8 Å². The first-order valence-corrected chi connectivity index (χ1v) is 10.4. The minimum Gasteiger partial charge on any atom is -0.347 e. The van der Waals surface area contributed by atoms with Gasteiger partial charge in [0.05, 0.1) is 11.3 Å². The fourth-order valence-corrected chi connectivity index (χ4v) is 6.15. The van der Waals surface area contributed by atoms with Crippen LogP contribution in [0.5, 0.6) is 0 Å². The van der Waals surface area contributed by atoms with Crippen LogP contribution in [0.1, 0.15) is 59.2 Å². The van der Waals surface area contributed by atoms with E-state index in [0.29, 0.717) is 16.8 Å². The molecule has 2 aromatic carbocycles. The monoisotopic (exact) mass is 374 g/mol. The van der Waals surface area contributed by atoms with Gasteiger partial charge in [0, 0.05) is 11.1 Å². The number of carbonyl (C=O) groups is 2. The molecular weight excluding hydrogens is 348 g/mol. The summed E-state index contributed by atoms with van der Waals surface area (Å²) in [7, 11) is 0. The molecule has 4 nitrogen and oxygen atoms in total. The van der Waals surface area contributed by atoms with E-state index in [0.717, 1.165) is 37.0 Å². The molecule has 4 fully saturated rings. The SMILES string of the molecule is O=C(Nc1ccccc1C(=O)NC12CC3CC(CC(C3)C1)C2)c1ccccc1. The maximum Gasteiger partial charge on any atom is 0.255 e. The van der Waals surface area contributed by atoms with E-state index in [1.807, 2.05) is 30.3 Å². The summed E-state index contributed by atoms with van der Waals surface area (Å²) < 4.78 is 0. The number of benzene rings is 2. The lowest BCUT2D eigenvalue weighted by atomic mass is 9.53. The Hall–Kier alpha value is -2.62. The summed E-state index contributed by atoms with van der Waals surface area (Å²) in [6, 6.07) is 16.4. The van der Waals surface area contributed by atoms with Crippen LogP contribution in [0.4, 0.5) is 5.69 Å². The lowest BCUT2D eigenvalue weighted by molar-refractivity contribution is -0.0166. The van der Waals surface area contributed by atoms with E-state index in [1.54, 1.807) is 24.3 Å². The Balaban J connectivity index is 1.35. The first kappa shape index (κ1) is 17.5. The van der Waals surface area contributed by atoms with Gasteiger partial charge >= 0.3 is 0 Å². The molecule has 4 aliphatic carbocycles. The Morgan fingerprint density at radius 2 is 1.32 bits per heavy atom. The van der Waals surface area contributed by atoms with Crippen molar-refractivity contribution in [1.29, 1.82) is 0 Å². The molecule has 0 spiro atoms. The normalized spacial score (nSPS) is 30.1. The van der Waals surface area contributed by atoms with Gasteiger partial charge in [0.25, 0.3) is 11.8 Å². The zero-order valence-corrected chi connectivity index (χ0v) is 16.0. The Kier molecular flexibility index (Phi) is 4.22. The minimum absolute atomic E-state index is 0.0393. The lowest BCUT2D eigenvalue weighted by Crippen LogP contribution is -2.59. The van der Waals surface area contributed by atoms with E-state index in [-0.39, 0.29) is 17.4 Å². The van der Waals surface area contributed by atoms with Crippen LogP contribution in [0.2, 0.25) is 0 Å². The van der Waals surface area contributed by atoms with Crippen molar-refractivity contribution in [2.45, 2.75) is 44.1 Å². The summed E-state index contributed by atoms with van der Waals surface area (Å²) in [5.74, 6) is 2.07. The van der Waals surface area contributed by atoms with Crippen molar-refractivity contribution in [2.24, 2.45) is 17.8 Å². The number of nitrogens with one attached hydrogen (secondary N) is 2. The van der Waals surface area contributed by atoms with E-state index in [1.165, 1.54) is 19.3 Å². The average molecular weight is 374 g/mol. The van der Waals surface area contributed by atoms with Gasteiger partial charge in [0.2, 0.25) is 0 Å². The summed E-state index contributed by atoms with van der Waals surface area (Å²) in [4.78, 5) is 25.8. The Labute approximate surface area is 165 Å². The molecule has 0 atom stereocenters. The molecule has 0 aliphatic heterocycles. The molecule has 4 saturated carbocycles. The molecule has 2 N–H and O–H groups in total. The molecule has 0 saturated heterocycles. The quantitative estimate of drug-likeness (QED) is 0.819. The first-order valence-electron chi connectivity index (χ1n) is 10.4. The van der Waals surface area contributed by atoms with Crippen molar-refractivity contribution in [3.8, 4) is 0 Å². The van der Waals surface area contributed by atoms with Gasteiger partial charge < -0.3 is 10.6 Å². The number of amides is 2. The molecule has 4 aliphatic rings. The standard InChI is InChI=1S/C24H26N2O2/c27-22(19-6-2-1-3-7-19)25-21-9-5-4-8-20(21)23(28)26-24-13-16-10-17(14-24)12-18(11-16)15-24/h1-9,16-18H,10-15H2,(H,25,27)(H,26,28). The highest BCUT2D eigenvalue weighted by Crippen LogP contribution is 2.55. The Bertz CT molecular complexity index is 871. The number of carbonyl (C=O) groups excluding carboxylic acids is 2. The number of hydrogen-bond acceptors (Lipinski definition) is 2. The molecule has 0 heterocycles. The number of anilines is 1. The summed E-state index contributed by atoms with van der Waals surface area (Å²) >= 11 is 0. The van der Waals surface area contributed by atoms with Crippen molar-refractivity contribution < 1.29 is 9.59 Å². The molecule has 28 heavy (non-hydrogen) atoms. The number of para-hydroxylation sites is 1. The lowest BCUT2D eigenvalue weighted by Gasteiger charge is -2.56. The van der Waals surface area contributed by atoms with Gasteiger partial charge in [-0.05, 0) is 80.5 Å². The predicted octanol–water partition coefficient (Wildman–Crippen LogP) is 4.64. The molecule has 0 unspecified atom stereocenters. The van der Waals surface area contributed by atoms with Gasteiger partial charge in [0.15, 0.2) is 0 Å². The summed E-state index contributed by atoms with van der Waals surface area (Å²) in [5.41, 5.74) is 1.66. The van der Waals surface area contributed by atoms with Crippen LogP contribution in [0.3, 0.4) is 0 Å². The molecule has 4 heteroatoms. The van der Waals surface area contributed by atoms with Crippen molar-refractivity contribution in [3.05, 3.63) is 65.7 Å². The van der Waals surface area contributed by atoms with Gasteiger partial charge in [-0.25, -0.2) is 0 Å². The fraction of sp³-hybridized carbons (Fsp3) is 0.417. The van der Waals surface area contributed by atoms with Crippen molar-refractivity contribution in [2.75, 3.05) is 5.32 Å². The number of rotatable bonds is 4. The molecule has 4 bridgehead atoms. The molecular formula is C24H26N2O2. The van der Waals surface area contributed by atoms with Crippen LogP contribution in [0.25, 0.3) is 0 Å². The van der Waals surface area contributed by atoms with Crippen molar-refractivity contribution >= 4 is 17.5 Å². The maximum atomic E-state index is 13.2.